The predicted molar refractivity (Wildman–Crippen MR) is 79.5 cm³/mol. The van der Waals surface area contributed by atoms with Crippen LogP contribution in [0.3, 0.4) is 0 Å². The van der Waals surface area contributed by atoms with E-state index in [4.69, 9.17) is 9.84 Å². The summed E-state index contributed by atoms with van der Waals surface area (Å²) in [6, 6.07) is 6.97. The largest absolute Gasteiger partial charge is 0.492 e. The number of hydrogen-bond donors (Lipinski definition) is 1. The van der Waals surface area contributed by atoms with Gasteiger partial charge in [0.15, 0.2) is 0 Å². The second kappa shape index (κ2) is 8.00. The van der Waals surface area contributed by atoms with Crippen LogP contribution in [0.5, 0.6) is 5.75 Å². The molecule has 0 aromatic heterocycles. The number of esters is 1. The van der Waals surface area contributed by atoms with Crippen LogP contribution in [0, 0.1) is 5.92 Å². The Bertz CT molecular complexity index is 438. The van der Waals surface area contributed by atoms with Crippen LogP contribution in [0.4, 0.5) is 0 Å². The first-order valence-electron chi connectivity index (χ1n) is 7.37. The van der Waals surface area contributed by atoms with E-state index in [-0.39, 0.29) is 5.97 Å². The molecule has 0 unspecified atom stereocenters. The minimum absolute atomic E-state index is 0.302. The second-order valence-corrected chi connectivity index (χ2v) is 5.33. The van der Waals surface area contributed by atoms with Gasteiger partial charge in [0.2, 0.25) is 0 Å². The zero-order chi connectivity index (χ0) is 15.1. The molecule has 1 aliphatic heterocycles. The summed E-state index contributed by atoms with van der Waals surface area (Å²) in [4.78, 5) is 13.7. The smallest absolute Gasteiger partial charge is 0.337 e. The van der Waals surface area contributed by atoms with E-state index in [1.165, 1.54) is 7.11 Å². The third kappa shape index (κ3) is 4.72. The van der Waals surface area contributed by atoms with Gasteiger partial charge in [-0.15, -0.1) is 0 Å². The third-order valence-corrected chi connectivity index (χ3v) is 3.92. The maximum Gasteiger partial charge on any atom is 0.337 e. The number of benzene rings is 1. The highest BCUT2D eigenvalue weighted by atomic mass is 16.5. The van der Waals surface area contributed by atoms with E-state index < -0.39 is 0 Å². The van der Waals surface area contributed by atoms with Gasteiger partial charge in [-0.1, -0.05) is 0 Å². The standard InChI is InChI=1S/C16H23NO4/c1-20-16(19)14-2-4-15(5-3-14)21-11-10-17-8-6-13(12-18)7-9-17/h2-5,13,18H,6-12H2,1H3. The van der Waals surface area contributed by atoms with Crippen molar-refractivity contribution < 1.29 is 19.4 Å². The molecule has 0 aliphatic carbocycles. The number of carbonyl (C=O) groups is 1. The molecule has 5 heteroatoms. The van der Waals surface area contributed by atoms with Crippen LogP contribution in [0.1, 0.15) is 23.2 Å². The van der Waals surface area contributed by atoms with Gasteiger partial charge in [-0.2, -0.15) is 0 Å². The molecular weight excluding hydrogens is 270 g/mol. The van der Waals surface area contributed by atoms with Crippen molar-refractivity contribution in [2.45, 2.75) is 12.8 Å². The van der Waals surface area contributed by atoms with Crippen LogP contribution in [-0.2, 0) is 4.74 Å². The van der Waals surface area contributed by atoms with Gasteiger partial charge in [-0.3, -0.25) is 4.90 Å². The van der Waals surface area contributed by atoms with Crippen molar-refractivity contribution in [1.29, 1.82) is 0 Å². The van der Waals surface area contributed by atoms with Crippen LogP contribution in [0.15, 0.2) is 24.3 Å². The molecule has 1 N–H and O–H groups in total. The molecule has 1 heterocycles. The van der Waals surface area contributed by atoms with Gasteiger partial charge in [-0.25, -0.2) is 4.79 Å². The van der Waals surface area contributed by atoms with Crippen molar-refractivity contribution in [2.24, 2.45) is 5.92 Å². The lowest BCUT2D eigenvalue weighted by atomic mass is 9.98. The number of ether oxygens (including phenoxy) is 2. The number of nitrogens with zero attached hydrogens (tertiary/aromatic N) is 1. The minimum atomic E-state index is -0.340. The van der Waals surface area contributed by atoms with E-state index in [1.807, 2.05) is 0 Å². The molecule has 116 valence electrons. The predicted octanol–water partition coefficient (Wildman–Crippen LogP) is 1.56. The quantitative estimate of drug-likeness (QED) is 0.807. The number of likely N-dealkylation sites (tertiary alicyclic amines) is 1. The van der Waals surface area contributed by atoms with Crippen molar-refractivity contribution in [3.8, 4) is 5.75 Å². The summed E-state index contributed by atoms with van der Waals surface area (Å²) in [5, 5.41) is 9.11. The number of aliphatic hydroxyl groups is 1. The molecule has 1 saturated heterocycles. The lowest BCUT2D eigenvalue weighted by molar-refractivity contribution is 0.0600. The Morgan fingerprint density at radius 3 is 2.52 bits per heavy atom. The number of piperidine rings is 1. The summed E-state index contributed by atoms with van der Waals surface area (Å²) in [5.74, 6) is 0.884. The first kappa shape index (κ1) is 15.8. The third-order valence-electron chi connectivity index (χ3n) is 3.92. The number of methoxy groups -OCH3 is 1. The van der Waals surface area contributed by atoms with E-state index in [2.05, 4.69) is 9.64 Å². The maximum atomic E-state index is 11.3. The molecule has 21 heavy (non-hydrogen) atoms. The highest BCUT2D eigenvalue weighted by Gasteiger charge is 2.17. The fourth-order valence-electron chi connectivity index (χ4n) is 2.49. The minimum Gasteiger partial charge on any atom is -0.492 e. The van der Waals surface area contributed by atoms with E-state index in [9.17, 15) is 4.79 Å². The Morgan fingerprint density at radius 1 is 1.29 bits per heavy atom. The van der Waals surface area contributed by atoms with Gasteiger partial charge in [0.25, 0.3) is 0 Å². The van der Waals surface area contributed by atoms with E-state index in [1.54, 1.807) is 24.3 Å². The lowest BCUT2D eigenvalue weighted by Gasteiger charge is -2.30. The Labute approximate surface area is 125 Å². The number of hydrogen-bond acceptors (Lipinski definition) is 5. The van der Waals surface area contributed by atoms with Crippen LogP contribution >= 0.6 is 0 Å². The van der Waals surface area contributed by atoms with Gasteiger partial charge < -0.3 is 14.6 Å². The Morgan fingerprint density at radius 2 is 1.95 bits per heavy atom. The molecule has 0 amide bonds. The molecule has 2 rings (SSSR count). The second-order valence-electron chi connectivity index (χ2n) is 5.33. The molecule has 1 fully saturated rings. The van der Waals surface area contributed by atoms with E-state index in [0.717, 1.165) is 38.2 Å². The maximum absolute atomic E-state index is 11.3. The molecule has 0 spiro atoms. The topological polar surface area (TPSA) is 59.0 Å². The number of carbonyl (C=O) groups excluding carboxylic acids is 1. The lowest BCUT2D eigenvalue weighted by Crippen LogP contribution is -2.37. The zero-order valence-corrected chi connectivity index (χ0v) is 12.5. The summed E-state index contributed by atoms with van der Waals surface area (Å²) in [6.07, 6.45) is 2.12. The molecule has 0 atom stereocenters. The van der Waals surface area contributed by atoms with Crippen LogP contribution in [-0.4, -0.2) is 55.9 Å². The Hall–Kier alpha value is -1.59. The van der Waals surface area contributed by atoms with E-state index >= 15 is 0 Å². The molecule has 0 radical (unpaired) electrons. The average molecular weight is 293 g/mol. The van der Waals surface area contributed by atoms with Gasteiger partial charge >= 0.3 is 5.97 Å². The zero-order valence-electron chi connectivity index (χ0n) is 12.5. The molecule has 1 aromatic carbocycles. The van der Waals surface area contributed by atoms with Crippen LogP contribution in [0.2, 0.25) is 0 Å². The SMILES string of the molecule is COC(=O)c1ccc(OCCN2CCC(CO)CC2)cc1. The van der Waals surface area contributed by atoms with Crippen LogP contribution < -0.4 is 4.74 Å². The fourth-order valence-corrected chi connectivity index (χ4v) is 2.49. The van der Waals surface area contributed by atoms with E-state index in [0.29, 0.717) is 24.7 Å². The Kier molecular flexibility index (Phi) is 6.02. The summed E-state index contributed by atoms with van der Waals surface area (Å²) in [7, 11) is 1.37. The summed E-state index contributed by atoms with van der Waals surface area (Å²) in [6.45, 7) is 3.86. The van der Waals surface area contributed by atoms with Crippen molar-refractivity contribution in [3.63, 3.8) is 0 Å². The fraction of sp³-hybridized carbons (Fsp3) is 0.562. The normalized spacial score (nSPS) is 16.7. The summed E-state index contributed by atoms with van der Waals surface area (Å²) in [5.41, 5.74) is 0.524. The average Bonchev–Trinajstić information content (AvgIpc) is 2.55. The van der Waals surface area contributed by atoms with Gasteiger partial charge in [0, 0.05) is 13.2 Å². The van der Waals surface area contributed by atoms with Gasteiger partial charge in [-0.05, 0) is 56.1 Å². The summed E-state index contributed by atoms with van der Waals surface area (Å²) >= 11 is 0. The highest BCUT2D eigenvalue weighted by Crippen LogP contribution is 2.16. The van der Waals surface area contributed by atoms with Gasteiger partial charge in [0.1, 0.15) is 12.4 Å². The van der Waals surface area contributed by atoms with Crippen LogP contribution in [0.25, 0.3) is 0 Å². The van der Waals surface area contributed by atoms with Crippen molar-refractivity contribution >= 4 is 5.97 Å². The monoisotopic (exact) mass is 293 g/mol. The highest BCUT2D eigenvalue weighted by molar-refractivity contribution is 5.89. The number of aliphatic hydroxyl groups excluding tert-OH is 1. The molecular formula is C16H23NO4. The summed E-state index contributed by atoms with van der Waals surface area (Å²) < 4.78 is 10.3. The van der Waals surface area contributed by atoms with Crippen molar-refractivity contribution in [1.82, 2.24) is 4.90 Å². The van der Waals surface area contributed by atoms with Gasteiger partial charge in [0.05, 0.1) is 12.7 Å². The molecule has 1 aliphatic rings. The molecule has 0 saturated carbocycles. The first-order valence-corrected chi connectivity index (χ1v) is 7.37. The van der Waals surface area contributed by atoms with Crippen molar-refractivity contribution in [2.75, 3.05) is 40.0 Å². The number of rotatable bonds is 6. The van der Waals surface area contributed by atoms with Crippen molar-refractivity contribution in [3.05, 3.63) is 29.8 Å². The molecule has 1 aromatic rings. The first-order chi connectivity index (χ1) is 10.2. The Balaban J connectivity index is 1.70. The molecule has 5 nitrogen and oxygen atoms in total. The molecule has 0 bridgehead atoms.